The van der Waals surface area contributed by atoms with Crippen molar-refractivity contribution in [3.63, 3.8) is 0 Å². The Morgan fingerprint density at radius 2 is 1.91 bits per heavy atom. The molecule has 0 aliphatic heterocycles. The van der Waals surface area contributed by atoms with Gasteiger partial charge in [0, 0.05) is 6.61 Å². The first kappa shape index (κ1) is 17.2. The third kappa shape index (κ3) is 4.28. The highest BCUT2D eigenvalue weighted by molar-refractivity contribution is 6.30. The van der Waals surface area contributed by atoms with Crippen LogP contribution in [-0.2, 0) is 4.74 Å². The lowest BCUT2D eigenvalue weighted by Gasteiger charge is -2.42. The van der Waals surface area contributed by atoms with E-state index in [-0.39, 0.29) is 10.8 Å². The zero-order chi connectivity index (χ0) is 16.2. The monoisotopic (exact) mass is 338 g/mol. The Bertz CT molecular complexity index is 518. The topological polar surface area (TPSA) is 9.23 Å². The fraction of sp³-hybridized carbons (Fsp3) is 0.700. The van der Waals surface area contributed by atoms with Gasteiger partial charge in [-0.05, 0) is 80.4 Å². The highest BCUT2D eigenvalue weighted by atomic mass is 35.5. The first-order chi connectivity index (χ1) is 11.2. The van der Waals surface area contributed by atoms with Crippen LogP contribution in [0, 0.1) is 17.7 Å². The van der Waals surface area contributed by atoms with Gasteiger partial charge in [0.1, 0.15) is 5.82 Å². The molecule has 2 fully saturated rings. The average molecular weight is 339 g/mol. The van der Waals surface area contributed by atoms with Crippen molar-refractivity contribution in [2.75, 3.05) is 6.61 Å². The number of rotatable bonds is 5. The summed E-state index contributed by atoms with van der Waals surface area (Å²) in [7, 11) is 0. The van der Waals surface area contributed by atoms with Crippen molar-refractivity contribution < 1.29 is 9.13 Å². The van der Waals surface area contributed by atoms with Gasteiger partial charge in [-0.3, -0.25) is 0 Å². The third-order valence-electron chi connectivity index (χ3n) is 5.83. The number of ether oxygens (including phenoxy) is 1. The van der Waals surface area contributed by atoms with Crippen LogP contribution in [0.15, 0.2) is 18.2 Å². The number of hydrogen-bond acceptors (Lipinski definition) is 1. The zero-order valence-electron chi connectivity index (χ0n) is 14.1. The van der Waals surface area contributed by atoms with Crippen molar-refractivity contribution in [3.8, 4) is 0 Å². The molecule has 0 N–H and O–H groups in total. The maximum Gasteiger partial charge on any atom is 0.142 e. The summed E-state index contributed by atoms with van der Waals surface area (Å²) in [4.78, 5) is 0. The molecule has 0 saturated heterocycles. The Hall–Kier alpha value is -0.600. The van der Waals surface area contributed by atoms with Crippen LogP contribution in [0.5, 0.6) is 0 Å². The molecule has 3 rings (SSSR count). The molecule has 23 heavy (non-hydrogen) atoms. The van der Waals surface area contributed by atoms with Gasteiger partial charge in [-0.2, -0.15) is 0 Å². The van der Waals surface area contributed by atoms with E-state index in [0.717, 1.165) is 24.0 Å². The maximum absolute atomic E-state index is 13.7. The quantitative estimate of drug-likeness (QED) is 0.568. The molecule has 0 amide bonds. The standard InChI is InChI=1S/C20H28ClFO/c1-2-3-10-23-18-8-6-15-11-14(4-5-16(15)12-18)17-7-9-19(21)20(22)13-17/h7,9,13-16,18H,2-6,8,10-12H2,1H3. The van der Waals surface area contributed by atoms with Crippen molar-refractivity contribution in [1.29, 1.82) is 0 Å². The zero-order valence-corrected chi connectivity index (χ0v) is 14.8. The van der Waals surface area contributed by atoms with Gasteiger partial charge in [-0.1, -0.05) is 31.0 Å². The Morgan fingerprint density at radius 3 is 2.70 bits per heavy atom. The minimum absolute atomic E-state index is 0.229. The summed E-state index contributed by atoms with van der Waals surface area (Å²) in [5.74, 6) is 1.82. The van der Waals surface area contributed by atoms with Gasteiger partial charge < -0.3 is 4.74 Å². The summed E-state index contributed by atoms with van der Waals surface area (Å²) in [6.45, 7) is 3.13. The minimum Gasteiger partial charge on any atom is -0.378 e. The van der Waals surface area contributed by atoms with Crippen LogP contribution in [0.2, 0.25) is 5.02 Å². The van der Waals surface area contributed by atoms with Crippen molar-refractivity contribution >= 4 is 11.6 Å². The van der Waals surface area contributed by atoms with Crippen LogP contribution in [0.3, 0.4) is 0 Å². The van der Waals surface area contributed by atoms with E-state index in [1.807, 2.05) is 6.07 Å². The predicted octanol–water partition coefficient (Wildman–Crippen LogP) is 6.35. The smallest absolute Gasteiger partial charge is 0.142 e. The van der Waals surface area contributed by atoms with E-state index in [1.54, 1.807) is 12.1 Å². The van der Waals surface area contributed by atoms with E-state index in [1.165, 1.54) is 51.4 Å². The van der Waals surface area contributed by atoms with Crippen molar-refractivity contribution in [2.45, 2.75) is 70.3 Å². The molecule has 2 saturated carbocycles. The molecule has 4 atom stereocenters. The van der Waals surface area contributed by atoms with Crippen LogP contribution in [0.4, 0.5) is 4.39 Å². The van der Waals surface area contributed by atoms with Crippen LogP contribution < -0.4 is 0 Å². The molecular formula is C20H28ClFO. The lowest BCUT2D eigenvalue weighted by Crippen LogP contribution is -2.34. The summed E-state index contributed by atoms with van der Waals surface area (Å²) in [6, 6.07) is 5.36. The first-order valence-corrected chi connectivity index (χ1v) is 9.61. The van der Waals surface area contributed by atoms with Crippen LogP contribution in [0.25, 0.3) is 0 Å². The SMILES string of the molecule is CCCCOC1CCC2CC(c3ccc(Cl)c(F)c3)CCC2C1. The number of fused-ring (bicyclic) bond motifs is 1. The lowest BCUT2D eigenvalue weighted by molar-refractivity contribution is -0.0159. The number of hydrogen-bond donors (Lipinski definition) is 0. The largest absolute Gasteiger partial charge is 0.378 e. The molecule has 1 aromatic carbocycles. The first-order valence-electron chi connectivity index (χ1n) is 9.24. The molecule has 0 bridgehead atoms. The molecule has 0 spiro atoms. The molecule has 4 unspecified atom stereocenters. The molecule has 1 aromatic rings. The van der Waals surface area contributed by atoms with E-state index < -0.39 is 0 Å². The van der Waals surface area contributed by atoms with Crippen LogP contribution in [0.1, 0.15) is 69.8 Å². The number of unbranched alkanes of at least 4 members (excludes halogenated alkanes) is 1. The summed E-state index contributed by atoms with van der Waals surface area (Å²) in [5, 5.41) is 0.229. The number of halogens is 2. The average Bonchev–Trinajstić information content (AvgIpc) is 2.57. The highest BCUT2D eigenvalue weighted by Crippen LogP contribution is 2.46. The molecule has 2 aliphatic rings. The minimum atomic E-state index is -0.278. The van der Waals surface area contributed by atoms with E-state index in [9.17, 15) is 4.39 Å². The predicted molar refractivity (Wildman–Crippen MR) is 93.5 cm³/mol. The second kappa shape index (κ2) is 7.98. The van der Waals surface area contributed by atoms with Gasteiger partial charge >= 0.3 is 0 Å². The maximum atomic E-state index is 13.7. The molecule has 0 aromatic heterocycles. The van der Waals surface area contributed by atoms with Gasteiger partial charge in [0.05, 0.1) is 11.1 Å². The fourth-order valence-corrected chi connectivity index (χ4v) is 4.58. The second-order valence-electron chi connectivity index (χ2n) is 7.36. The summed E-state index contributed by atoms with van der Waals surface area (Å²) in [6.07, 6.45) is 10.2. The molecule has 0 heterocycles. The van der Waals surface area contributed by atoms with Crippen molar-refractivity contribution in [2.24, 2.45) is 11.8 Å². The van der Waals surface area contributed by atoms with Gasteiger partial charge in [0.15, 0.2) is 0 Å². The molecular weight excluding hydrogens is 311 g/mol. The van der Waals surface area contributed by atoms with E-state index in [4.69, 9.17) is 16.3 Å². The van der Waals surface area contributed by atoms with E-state index in [0.29, 0.717) is 12.0 Å². The van der Waals surface area contributed by atoms with E-state index >= 15 is 0 Å². The van der Waals surface area contributed by atoms with Crippen molar-refractivity contribution in [1.82, 2.24) is 0 Å². The van der Waals surface area contributed by atoms with Crippen molar-refractivity contribution in [3.05, 3.63) is 34.6 Å². The van der Waals surface area contributed by atoms with Gasteiger partial charge in [-0.15, -0.1) is 0 Å². The lowest BCUT2D eigenvalue weighted by atomic mass is 9.65. The molecule has 3 heteroatoms. The normalized spacial score (nSPS) is 30.9. The fourth-order valence-electron chi connectivity index (χ4n) is 4.46. The van der Waals surface area contributed by atoms with Crippen LogP contribution >= 0.6 is 11.6 Å². The van der Waals surface area contributed by atoms with Gasteiger partial charge in [0.2, 0.25) is 0 Å². The summed E-state index contributed by atoms with van der Waals surface area (Å²) in [5.41, 5.74) is 1.13. The van der Waals surface area contributed by atoms with Gasteiger partial charge in [-0.25, -0.2) is 4.39 Å². The molecule has 128 valence electrons. The van der Waals surface area contributed by atoms with E-state index in [2.05, 4.69) is 6.92 Å². The number of benzene rings is 1. The Kier molecular flexibility index (Phi) is 5.98. The Labute approximate surface area is 144 Å². The highest BCUT2D eigenvalue weighted by Gasteiger charge is 2.36. The summed E-state index contributed by atoms with van der Waals surface area (Å²) < 4.78 is 19.8. The second-order valence-corrected chi connectivity index (χ2v) is 7.77. The van der Waals surface area contributed by atoms with Gasteiger partial charge in [0.25, 0.3) is 0 Å². The Morgan fingerprint density at radius 1 is 1.13 bits per heavy atom. The third-order valence-corrected chi connectivity index (χ3v) is 6.14. The molecule has 0 radical (unpaired) electrons. The molecule has 2 aliphatic carbocycles. The summed E-state index contributed by atoms with van der Waals surface area (Å²) >= 11 is 5.81. The van der Waals surface area contributed by atoms with Crippen LogP contribution in [-0.4, -0.2) is 12.7 Å². The Balaban J connectivity index is 1.55. The molecule has 1 nitrogen and oxygen atoms in total.